The van der Waals surface area contributed by atoms with E-state index in [9.17, 15) is 4.79 Å². The van der Waals surface area contributed by atoms with Gasteiger partial charge in [0.1, 0.15) is 11.9 Å². The van der Waals surface area contributed by atoms with Crippen molar-refractivity contribution in [2.24, 2.45) is 0 Å². The van der Waals surface area contributed by atoms with Crippen molar-refractivity contribution in [3.63, 3.8) is 0 Å². The van der Waals surface area contributed by atoms with Crippen molar-refractivity contribution in [2.45, 2.75) is 46.2 Å². The van der Waals surface area contributed by atoms with Gasteiger partial charge in [-0.25, -0.2) is 4.98 Å². The number of aromatic nitrogens is 4. The van der Waals surface area contributed by atoms with Crippen LogP contribution in [0.5, 0.6) is 0 Å². The van der Waals surface area contributed by atoms with Gasteiger partial charge in [0, 0.05) is 6.42 Å². The van der Waals surface area contributed by atoms with Gasteiger partial charge in [0.2, 0.25) is 5.91 Å². The second-order valence-electron chi connectivity index (χ2n) is 5.81. The lowest BCUT2D eigenvalue weighted by atomic mass is 10.2. The molecule has 0 fully saturated rings. The van der Waals surface area contributed by atoms with Crippen LogP contribution in [0.15, 0.2) is 24.3 Å². The Morgan fingerprint density at radius 3 is 2.88 bits per heavy atom. The lowest BCUT2D eigenvalue weighted by Gasteiger charge is -2.17. The van der Waals surface area contributed by atoms with Crippen molar-refractivity contribution in [2.75, 3.05) is 0 Å². The number of carbonyl (C=O) groups excluding carboxylic acids is 1. The zero-order valence-corrected chi connectivity index (χ0v) is 14.9. The van der Waals surface area contributed by atoms with Crippen LogP contribution >= 0.6 is 11.5 Å². The molecule has 3 aromatic rings. The molecule has 0 radical (unpaired) electrons. The average Bonchev–Trinajstić information content (AvgIpc) is 3.15. The molecule has 1 unspecified atom stereocenters. The second-order valence-corrected chi connectivity index (χ2v) is 6.65. The highest BCUT2D eigenvalue weighted by Gasteiger charge is 2.21. The maximum atomic E-state index is 12.7. The zero-order valence-electron chi connectivity index (χ0n) is 14.1. The standard InChI is InChI=1S/C17H21N5OS/c1-4-7-16-19-13-8-5-6-9-14(13)22(16)12(3)17(23)18-10-15-11(2)20-21-24-15/h5-6,8-9,12H,4,7,10H2,1-3H3,(H,18,23). The number of nitrogens with one attached hydrogen (secondary N) is 1. The summed E-state index contributed by atoms with van der Waals surface area (Å²) >= 11 is 1.32. The summed E-state index contributed by atoms with van der Waals surface area (Å²) in [6, 6.07) is 7.64. The first-order chi connectivity index (χ1) is 11.6. The van der Waals surface area contributed by atoms with Crippen LogP contribution in [-0.4, -0.2) is 25.0 Å². The summed E-state index contributed by atoms with van der Waals surface area (Å²) < 4.78 is 5.95. The molecule has 0 bridgehead atoms. The highest BCUT2D eigenvalue weighted by atomic mass is 32.1. The van der Waals surface area contributed by atoms with Crippen LogP contribution in [0.3, 0.4) is 0 Å². The fourth-order valence-electron chi connectivity index (χ4n) is 2.77. The van der Waals surface area contributed by atoms with Gasteiger partial charge in [-0.1, -0.05) is 23.5 Å². The van der Waals surface area contributed by atoms with Gasteiger partial charge in [-0.2, -0.15) is 0 Å². The minimum absolute atomic E-state index is 0.0247. The summed E-state index contributed by atoms with van der Waals surface area (Å²) in [6.45, 7) is 6.40. The Kier molecular flexibility index (Phi) is 4.89. The summed E-state index contributed by atoms with van der Waals surface area (Å²) in [4.78, 5) is 18.3. The molecule has 1 amide bonds. The molecule has 0 aliphatic rings. The average molecular weight is 343 g/mol. The number of amides is 1. The first-order valence-electron chi connectivity index (χ1n) is 8.13. The number of imidazole rings is 1. The van der Waals surface area contributed by atoms with Crippen LogP contribution in [0.25, 0.3) is 11.0 Å². The van der Waals surface area contributed by atoms with Gasteiger partial charge in [-0.05, 0) is 43.9 Å². The Balaban J connectivity index is 1.84. The van der Waals surface area contributed by atoms with E-state index in [-0.39, 0.29) is 11.9 Å². The SMILES string of the molecule is CCCc1nc2ccccc2n1C(C)C(=O)NCc1snnc1C. The van der Waals surface area contributed by atoms with E-state index in [0.29, 0.717) is 6.54 Å². The van der Waals surface area contributed by atoms with Crippen LogP contribution in [-0.2, 0) is 17.8 Å². The quantitative estimate of drug-likeness (QED) is 0.747. The van der Waals surface area contributed by atoms with Crippen molar-refractivity contribution < 1.29 is 4.79 Å². The maximum Gasteiger partial charge on any atom is 0.243 e. The minimum atomic E-state index is -0.319. The van der Waals surface area contributed by atoms with Gasteiger partial charge >= 0.3 is 0 Å². The molecule has 6 nitrogen and oxygen atoms in total. The number of carbonyl (C=O) groups is 1. The topological polar surface area (TPSA) is 72.7 Å². The van der Waals surface area contributed by atoms with Gasteiger partial charge in [0.15, 0.2) is 0 Å². The maximum absolute atomic E-state index is 12.7. The predicted octanol–water partition coefficient (Wildman–Crippen LogP) is 3.03. The molecule has 0 saturated carbocycles. The van der Waals surface area contributed by atoms with E-state index in [2.05, 4.69) is 21.8 Å². The number of rotatable bonds is 6. The van der Waals surface area contributed by atoms with E-state index in [0.717, 1.165) is 40.3 Å². The lowest BCUT2D eigenvalue weighted by Crippen LogP contribution is -2.31. The molecule has 3 rings (SSSR count). The molecule has 2 aromatic heterocycles. The molecule has 2 heterocycles. The Labute approximate surface area is 145 Å². The number of fused-ring (bicyclic) bond motifs is 1. The van der Waals surface area contributed by atoms with Gasteiger partial charge in [0.05, 0.1) is 28.1 Å². The van der Waals surface area contributed by atoms with Gasteiger partial charge in [0.25, 0.3) is 0 Å². The van der Waals surface area contributed by atoms with Gasteiger partial charge in [-0.15, -0.1) is 5.10 Å². The Bertz CT molecular complexity index is 854. The molecule has 0 aliphatic carbocycles. The molecule has 126 valence electrons. The number of hydrogen-bond acceptors (Lipinski definition) is 5. The molecule has 0 spiro atoms. The Hall–Kier alpha value is -2.28. The molecule has 1 atom stereocenters. The van der Waals surface area contributed by atoms with Crippen LogP contribution in [0.1, 0.15) is 42.7 Å². The van der Waals surface area contributed by atoms with E-state index in [1.807, 2.05) is 42.7 Å². The number of hydrogen-bond donors (Lipinski definition) is 1. The second kappa shape index (κ2) is 7.09. The molecular weight excluding hydrogens is 322 g/mol. The van der Waals surface area contributed by atoms with Crippen molar-refractivity contribution in [3.8, 4) is 0 Å². The summed E-state index contributed by atoms with van der Waals surface area (Å²) in [7, 11) is 0. The summed E-state index contributed by atoms with van der Waals surface area (Å²) in [5, 5.41) is 6.96. The highest BCUT2D eigenvalue weighted by Crippen LogP contribution is 2.22. The van der Waals surface area contributed by atoms with Crippen LogP contribution in [0.4, 0.5) is 0 Å². The van der Waals surface area contributed by atoms with Crippen LogP contribution in [0, 0.1) is 6.92 Å². The Morgan fingerprint density at radius 2 is 2.17 bits per heavy atom. The van der Waals surface area contributed by atoms with E-state index in [1.165, 1.54) is 11.5 Å². The smallest absolute Gasteiger partial charge is 0.243 e. The predicted molar refractivity (Wildman–Crippen MR) is 94.9 cm³/mol. The van der Waals surface area contributed by atoms with Crippen molar-refractivity contribution >= 4 is 28.5 Å². The number of aryl methyl sites for hydroxylation is 2. The molecular formula is C17H21N5OS. The zero-order chi connectivity index (χ0) is 17.1. The number of nitrogens with zero attached hydrogens (tertiary/aromatic N) is 4. The molecule has 24 heavy (non-hydrogen) atoms. The lowest BCUT2D eigenvalue weighted by molar-refractivity contribution is -0.124. The third-order valence-corrected chi connectivity index (χ3v) is 4.90. The fraction of sp³-hybridized carbons (Fsp3) is 0.412. The van der Waals surface area contributed by atoms with Gasteiger partial charge in [-0.3, -0.25) is 4.79 Å². The molecule has 0 saturated heterocycles. The molecule has 0 aliphatic heterocycles. The van der Waals surface area contributed by atoms with Crippen LogP contribution < -0.4 is 5.32 Å². The summed E-state index contributed by atoms with van der Waals surface area (Å²) in [6.07, 6.45) is 1.84. The van der Waals surface area contributed by atoms with Crippen LogP contribution in [0.2, 0.25) is 0 Å². The number of benzene rings is 1. The fourth-order valence-corrected chi connectivity index (χ4v) is 3.34. The minimum Gasteiger partial charge on any atom is -0.349 e. The van der Waals surface area contributed by atoms with Crippen molar-refractivity contribution in [1.82, 2.24) is 24.5 Å². The monoisotopic (exact) mass is 343 g/mol. The molecule has 1 aromatic carbocycles. The normalized spacial score (nSPS) is 12.5. The third-order valence-electron chi connectivity index (χ3n) is 4.08. The summed E-state index contributed by atoms with van der Waals surface area (Å²) in [5.74, 6) is 0.931. The van der Waals surface area contributed by atoms with Crippen molar-refractivity contribution in [1.29, 1.82) is 0 Å². The first-order valence-corrected chi connectivity index (χ1v) is 8.90. The van der Waals surface area contributed by atoms with Gasteiger partial charge < -0.3 is 9.88 Å². The number of para-hydroxylation sites is 2. The van der Waals surface area contributed by atoms with E-state index < -0.39 is 0 Å². The van der Waals surface area contributed by atoms with E-state index in [1.54, 1.807) is 0 Å². The summed E-state index contributed by atoms with van der Waals surface area (Å²) in [5.41, 5.74) is 2.80. The first kappa shape index (κ1) is 16.6. The largest absolute Gasteiger partial charge is 0.349 e. The molecule has 1 N–H and O–H groups in total. The molecule has 7 heteroatoms. The Morgan fingerprint density at radius 1 is 1.38 bits per heavy atom. The van der Waals surface area contributed by atoms with E-state index >= 15 is 0 Å². The van der Waals surface area contributed by atoms with E-state index in [4.69, 9.17) is 4.98 Å². The third kappa shape index (κ3) is 3.17. The highest BCUT2D eigenvalue weighted by molar-refractivity contribution is 7.05. The van der Waals surface area contributed by atoms with Crippen molar-refractivity contribution in [3.05, 3.63) is 40.7 Å².